The summed E-state index contributed by atoms with van der Waals surface area (Å²) in [5.74, 6) is 1.44. The first kappa shape index (κ1) is 26.1. The summed E-state index contributed by atoms with van der Waals surface area (Å²) in [7, 11) is -3.32. The lowest BCUT2D eigenvalue weighted by atomic mass is 9.85. The molecule has 170 valence electrons. The van der Waals surface area contributed by atoms with Crippen molar-refractivity contribution in [2.45, 2.75) is 80.1 Å². The Morgan fingerprint density at radius 3 is 1.62 bits per heavy atom. The number of rotatable bonds is 11. The molecule has 0 radical (unpaired) electrons. The van der Waals surface area contributed by atoms with Crippen molar-refractivity contribution in [2.75, 3.05) is 26.4 Å². The third kappa shape index (κ3) is 6.53. The predicted molar refractivity (Wildman–Crippen MR) is 119 cm³/mol. The summed E-state index contributed by atoms with van der Waals surface area (Å²) in [6.45, 7) is 19.5. The van der Waals surface area contributed by atoms with Crippen LogP contribution in [0.4, 0.5) is 0 Å². The van der Waals surface area contributed by atoms with Crippen LogP contribution in [0.15, 0.2) is 9.98 Å². The molecule has 1 aliphatic heterocycles. The van der Waals surface area contributed by atoms with Crippen molar-refractivity contribution in [3.8, 4) is 0 Å². The summed E-state index contributed by atoms with van der Waals surface area (Å²) in [6.07, 6.45) is 0. The zero-order valence-corrected chi connectivity index (χ0v) is 20.6. The zero-order chi connectivity index (χ0) is 22.2. The van der Waals surface area contributed by atoms with E-state index in [2.05, 4.69) is 27.7 Å². The second-order valence-electron chi connectivity index (χ2n) is 7.87. The van der Waals surface area contributed by atoms with Crippen LogP contribution >= 0.6 is 7.60 Å². The Morgan fingerprint density at radius 2 is 1.24 bits per heavy atom. The molecule has 0 saturated heterocycles. The van der Waals surface area contributed by atoms with E-state index in [1.165, 1.54) is 0 Å². The van der Waals surface area contributed by atoms with E-state index in [1.54, 1.807) is 0 Å². The fourth-order valence-electron chi connectivity index (χ4n) is 3.79. The Kier molecular flexibility index (Phi) is 10.9. The van der Waals surface area contributed by atoms with Crippen molar-refractivity contribution < 1.29 is 23.1 Å². The number of ether oxygens (including phenoxy) is 2. The van der Waals surface area contributed by atoms with Crippen LogP contribution < -0.4 is 0 Å². The first-order valence-corrected chi connectivity index (χ1v) is 12.6. The molecule has 1 aliphatic rings. The maximum Gasteiger partial charge on any atom is 0.333 e. The van der Waals surface area contributed by atoms with Crippen LogP contribution in [-0.2, 0) is 23.1 Å². The van der Waals surface area contributed by atoms with Crippen molar-refractivity contribution >= 4 is 19.4 Å². The van der Waals surface area contributed by atoms with E-state index in [0.717, 1.165) is 0 Å². The average molecular weight is 433 g/mol. The van der Waals surface area contributed by atoms with E-state index in [-0.39, 0.29) is 29.5 Å². The Labute approximate surface area is 177 Å². The monoisotopic (exact) mass is 432 g/mol. The van der Waals surface area contributed by atoms with Gasteiger partial charge in [-0.15, -0.1) is 0 Å². The highest BCUT2D eigenvalue weighted by molar-refractivity contribution is 7.54. The van der Waals surface area contributed by atoms with Crippen LogP contribution in [0, 0.1) is 17.8 Å². The molecule has 0 aromatic heterocycles. The molecule has 0 N–H and O–H groups in total. The topological polar surface area (TPSA) is 78.7 Å². The number of nitrogens with zero attached hydrogens (tertiary/aromatic N) is 2. The van der Waals surface area contributed by atoms with Gasteiger partial charge >= 0.3 is 7.60 Å². The summed E-state index contributed by atoms with van der Waals surface area (Å²) >= 11 is 0. The lowest BCUT2D eigenvalue weighted by Gasteiger charge is -2.38. The van der Waals surface area contributed by atoms with Gasteiger partial charge in [0.2, 0.25) is 11.8 Å². The predicted octanol–water partition coefficient (Wildman–Crippen LogP) is 5.19. The molecule has 0 unspecified atom stereocenters. The van der Waals surface area contributed by atoms with Gasteiger partial charge in [0, 0.05) is 5.92 Å². The lowest BCUT2D eigenvalue weighted by Crippen LogP contribution is -2.46. The largest absolute Gasteiger partial charge is 0.480 e. The van der Waals surface area contributed by atoms with Crippen LogP contribution in [0.5, 0.6) is 0 Å². The molecule has 0 saturated carbocycles. The van der Waals surface area contributed by atoms with Crippen LogP contribution in [0.2, 0.25) is 0 Å². The summed E-state index contributed by atoms with van der Waals surface area (Å²) in [5.41, 5.74) is -0.375. The molecule has 1 rings (SSSR count). The molecule has 0 bridgehead atoms. The van der Waals surface area contributed by atoms with Crippen molar-refractivity contribution in [3.05, 3.63) is 0 Å². The molecule has 8 heteroatoms. The molecule has 4 atom stereocenters. The van der Waals surface area contributed by atoms with Gasteiger partial charge in [-0.2, -0.15) is 0 Å². The highest BCUT2D eigenvalue weighted by atomic mass is 31.2. The summed E-state index contributed by atoms with van der Waals surface area (Å²) in [6, 6.07) is -0.572. The third-order valence-corrected chi connectivity index (χ3v) is 7.64. The summed E-state index contributed by atoms with van der Waals surface area (Å²) in [5, 5.41) is 0. The second-order valence-corrected chi connectivity index (χ2v) is 10.3. The Balaban J connectivity index is 3.45. The first-order valence-electron chi connectivity index (χ1n) is 11.0. The standard InChI is InChI=1S/C21H41N2O5P/c1-10-25-20-18(15(7)8)22-21(26-11-2)19(23-20)17(14(5)6)16(9)29(24,27-12-3)28-13-4/h14-19H,10-13H2,1-9H3/t16-,17-,18+,19-/m0/s1. The van der Waals surface area contributed by atoms with Gasteiger partial charge in [-0.05, 0) is 39.5 Å². The molecular weight excluding hydrogens is 391 g/mol. The number of aliphatic imine (C=N–C) groups is 2. The molecule has 0 amide bonds. The fourth-order valence-corrected chi connectivity index (χ4v) is 5.99. The van der Waals surface area contributed by atoms with E-state index in [4.69, 9.17) is 28.5 Å². The van der Waals surface area contributed by atoms with E-state index in [0.29, 0.717) is 38.2 Å². The van der Waals surface area contributed by atoms with Gasteiger partial charge in [0.15, 0.2) is 0 Å². The van der Waals surface area contributed by atoms with E-state index in [1.807, 2.05) is 34.6 Å². The molecule has 0 aliphatic carbocycles. The van der Waals surface area contributed by atoms with Crippen molar-refractivity contribution in [3.63, 3.8) is 0 Å². The maximum atomic E-state index is 13.5. The average Bonchev–Trinajstić information content (AvgIpc) is 2.63. The molecule has 0 fully saturated rings. The Morgan fingerprint density at radius 1 is 0.793 bits per heavy atom. The highest BCUT2D eigenvalue weighted by Crippen LogP contribution is 2.57. The Hall–Kier alpha value is -0.910. The van der Waals surface area contributed by atoms with Crippen molar-refractivity contribution in [1.29, 1.82) is 0 Å². The molecule has 1 heterocycles. The number of hydrogen-bond acceptors (Lipinski definition) is 7. The minimum atomic E-state index is -3.32. The van der Waals surface area contributed by atoms with Gasteiger partial charge in [-0.3, -0.25) is 4.57 Å². The summed E-state index contributed by atoms with van der Waals surface area (Å²) < 4.78 is 36.6. The number of hydrogen-bond donors (Lipinski definition) is 0. The van der Waals surface area contributed by atoms with Crippen LogP contribution in [0.1, 0.15) is 62.3 Å². The minimum Gasteiger partial charge on any atom is -0.480 e. The van der Waals surface area contributed by atoms with Crippen LogP contribution in [0.3, 0.4) is 0 Å². The second kappa shape index (κ2) is 12.1. The summed E-state index contributed by atoms with van der Waals surface area (Å²) in [4.78, 5) is 9.84. The Bertz CT molecular complexity index is 596. The molecule has 7 nitrogen and oxygen atoms in total. The highest BCUT2D eigenvalue weighted by Gasteiger charge is 2.46. The normalized spacial score (nSPS) is 22.3. The van der Waals surface area contributed by atoms with Crippen molar-refractivity contribution in [1.82, 2.24) is 0 Å². The SMILES string of the molecule is CCOC1=N[C@H](C(C)C)C(OCC)=N[C@H]1[C@@H](C(C)C)[C@H](C)P(=O)(OCC)OCC. The van der Waals surface area contributed by atoms with Gasteiger partial charge in [-0.25, -0.2) is 9.98 Å². The van der Waals surface area contributed by atoms with Gasteiger partial charge < -0.3 is 18.5 Å². The first-order chi connectivity index (χ1) is 13.7. The van der Waals surface area contributed by atoms with Crippen LogP contribution in [0.25, 0.3) is 0 Å². The minimum absolute atomic E-state index is 0.146. The fraction of sp³-hybridized carbons (Fsp3) is 0.905. The molecule has 0 spiro atoms. The van der Waals surface area contributed by atoms with Gasteiger partial charge in [-0.1, -0.05) is 34.6 Å². The molecular formula is C21H41N2O5P. The lowest BCUT2D eigenvalue weighted by molar-refractivity contribution is 0.190. The van der Waals surface area contributed by atoms with Crippen molar-refractivity contribution in [2.24, 2.45) is 27.7 Å². The van der Waals surface area contributed by atoms with Gasteiger partial charge in [0.05, 0.1) is 32.1 Å². The molecule has 0 aromatic carbocycles. The third-order valence-electron chi connectivity index (χ3n) is 5.06. The van der Waals surface area contributed by atoms with Gasteiger partial charge in [0.25, 0.3) is 0 Å². The van der Waals surface area contributed by atoms with Crippen LogP contribution in [-0.4, -0.2) is 56.0 Å². The van der Waals surface area contributed by atoms with E-state index >= 15 is 0 Å². The smallest absolute Gasteiger partial charge is 0.333 e. The quantitative estimate of drug-likeness (QED) is 0.420. The molecule has 0 aromatic rings. The van der Waals surface area contributed by atoms with Gasteiger partial charge in [0.1, 0.15) is 12.1 Å². The van der Waals surface area contributed by atoms with E-state index in [9.17, 15) is 4.57 Å². The zero-order valence-electron chi connectivity index (χ0n) is 19.7. The van der Waals surface area contributed by atoms with E-state index < -0.39 is 13.6 Å². The maximum absolute atomic E-state index is 13.5. The molecule has 29 heavy (non-hydrogen) atoms.